The summed E-state index contributed by atoms with van der Waals surface area (Å²) in [5, 5.41) is 6.39. The van der Waals surface area contributed by atoms with Crippen LogP contribution in [0.3, 0.4) is 0 Å². The number of unbranched alkanes of at least 4 members (excludes halogenated alkanes) is 1. The van der Waals surface area contributed by atoms with Crippen LogP contribution < -0.4 is 15.7 Å². The Kier molecular flexibility index (Phi) is 8.70. The van der Waals surface area contributed by atoms with Crippen molar-refractivity contribution in [2.24, 2.45) is 10.8 Å². The van der Waals surface area contributed by atoms with Gasteiger partial charge in [0.25, 0.3) is 5.91 Å². The van der Waals surface area contributed by atoms with E-state index in [1.54, 1.807) is 66.7 Å². The van der Waals surface area contributed by atoms with Crippen LogP contribution >= 0.6 is 0 Å². The van der Waals surface area contributed by atoms with Gasteiger partial charge in [0.2, 0.25) is 0 Å². The first-order chi connectivity index (χ1) is 16.2. The van der Waals surface area contributed by atoms with Crippen molar-refractivity contribution in [3.63, 3.8) is 0 Å². The molecule has 0 unspecified atom stereocenters. The predicted molar refractivity (Wildman–Crippen MR) is 134 cm³/mol. The van der Waals surface area contributed by atoms with Crippen LogP contribution in [0.15, 0.2) is 24.0 Å². The fourth-order valence-electron chi connectivity index (χ4n) is 3.01. The Morgan fingerprint density at radius 2 is 1.60 bits per heavy atom. The van der Waals surface area contributed by atoms with Crippen molar-refractivity contribution in [3.05, 3.63) is 29.5 Å². The minimum Gasteiger partial charge on any atom is -0.430 e. The second-order valence-corrected chi connectivity index (χ2v) is 10.5. The molecule has 192 valence electrons. The molecule has 1 aromatic rings. The number of amides is 3. The number of urea groups is 1. The Balaban J connectivity index is 2.52. The molecule has 0 spiro atoms. The van der Waals surface area contributed by atoms with E-state index in [4.69, 9.17) is 9.57 Å². The second-order valence-electron chi connectivity index (χ2n) is 10.5. The van der Waals surface area contributed by atoms with Crippen molar-refractivity contribution in [1.29, 1.82) is 0 Å². The van der Waals surface area contributed by atoms with Gasteiger partial charge in [-0.05, 0) is 66.2 Å². The van der Waals surface area contributed by atoms with E-state index in [1.807, 2.05) is 6.92 Å². The molecule has 0 fully saturated rings. The summed E-state index contributed by atoms with van der Waals surface area (Å²) < 4.78 is 5.62. The third-order valence-electron chi connectivity index (χ3n) is 5.17. The maximum absolute atomic E-state index is 13.5. The van der Waals surface area contributed by atoms with Crippen molar-refractivity contribution >= 4 is 40.8 Å². The van der Waals surface area contributed by atoms with Crippen molar-refractivity contribution in [1.82, 2.24) is 5.32 Å². The van der Waals surface area contributed by atoms with Gasteiger partial charge in [0.05, 0.1) is 22.1 Å². The quantitative estimate of drug-likeness (QED) is 0.237. The zero-order valence-electron chi connectivity index (χ0n) is 22.0. The smallest absolute Gasteiger partial charge is 0.338 e. The highest BCUT2D eigenvalue weighted by Crippen LogP contribution is 2.42. The number of hydrogen-bond acceptors (Lipinski definition) is 6. The van der Waals surface area contributed by atoms with Crippen molar-refractivity contribution in [3.8, 4) is 0 Å². The minimum absolute atomic E-state index is 0.140. The molecule has 1 aromatic carbocycles. The van der Waals surface area contributed by atoms with E-state index in [2.05, 4.69) is 10.6 Å². The number of rotatable bonds is 7. The van der Waals surface area contributed by atoms with E-state index in [9.17, 15) is 19.2 Å². The summed E-state index contributed by atoms with van der Waals surface area (Å²) in [6, 6.07) is 4.44. The van der Waals surface area contributed by atoms with Crippen LogP contribution in [-0.2, 0) is 24.0 Å². The molecule has 9 nitrogen and oxygen atoms in total. The van der Waals surface area contributed by atoms with Gasteiger partial charge in [-0.2, -0.15) is 0 Å². The lowest BCUT2D eigenvalue weighted by Crippen LogP contribution is -2.35. The van der Waals surface area contributed by atoms with E-state index in [-0.39, 0.29) is 29.5 Å². The molecule has 0 saturated carbocycles. The average molecular weight is 488 g/mol. The summed E-state index contributed by atoms with van der Waals surface area (Å²) in [7, 11) is 0. The summed E-state index contributed by atoms with van der Waals surface area (Å²) in [6.07, 6.45) is 2.07. The van der Waals surface area contributed by atoms with Gasteiger partial charge >= 0.3 is 18.0 Å². The number of esters is 1. The fraction of sp³-hybridized carbons (Fsp3) is 0.538. The van der Waals surface area contributed by atoms with Crippen molar-refractivity contribution in [2.45, 2.75) is 74.7 Å². The van der Waals surface area contributed by atoms with Gasteiger partial charge in [0.1, 0.15) is 5.76 Å². The lowest BCUT2D eigenvalue weighted by molar-refractivity contribution is -0.157. The molecule has 1 aliphatic rings. The molecule has 0 aliphatic carbocycles. The number of benzene rings is 1. The van der Waals surface area contributed by atoms with Crippen LogP contribution in [-0.4, -0.2) is 30.4 Å². The number of allylic oxidation sites excluding steroid dienone is 1. The zero-order valence-corrected chi connectivity index (χ0v) is 22.0. The van der Waals surface area contributed by atoms with E-state index >= 15 is 0 Å². The molecule has 1 heterocycles. The summed E-state index contributed by atoms with van der Waals surface area (Å²) in [5.41, 5.74) is -0.384. The first-order valence-electron chi connectivity index (χ1n) is 11.9. The average Bonchev–Trinajstić information content (AvgIpc) is 3.01. The number of hydroxylamine groups is 1. The van der Waals surface area contributed by atoms with E-state index in [0.717, 1.165) is 17.9 Å². The van der Waals surface area contributed by atoms with E-state index in [1.165, 1.54) is 0 Å². The molecule has 2 N–H and O–H groups in total. The summed E-state index contributed by atoms with van der Waals surface area (Å²) in [4.78, 5) is 56.4. The van der Waals surface area contributed by atoms with Crippen LogP contribution in [0.5, 0.6) is 0 Å². The van der Waals surface area contributed by atoms with Gasteiger partial charge < -0.3 is 20.2 Å². The van der Waals surface area contributed by atoms with Crippen molar-refractivity contribution < 1.29 is 28.8 Å². The number of carbonyl (C=O) groups is 4. The topological polar surface area (TPSA) is 114 Å². The third-order valence-corrected chi connectivity index (χ3v) is 5.17. The zero-order chi connectivity index (χ0) is 26.6. The molecule has 35 heavy (non-hydrogen) atoms. The van der Waals surface area contributed by atoms with Crippen LogP contribution in [0, 0.1) is 10.8 Å². The standard InChI is InChI=1S/C26H37N3O6/c1-9-11-14-27-24(33)28-16-12-13-17-18(15-16)29(35-23(32)26(6,7)8)21(30)20(17)19(10-2)34-22(31)25(3,4)5/h12-13,15H,9-11,14H2,1-8H3,(H2,27,28,33)/b20-19-. The van der Waals surface area contributed by atoms with Gasteiger partial charge in [0.15, 0.2) is 0 Å². The molecular formula is C26H37N3O6. The largest absolute Gasteiger partial charge is 0.430 e. The van der Waals surface area contributed by atoms with Crippen LogP contribution in [0.2, 0.25) is 0 Å². The second kappa shape index (κ2) is 10.9. The van der Waals surface area contributed by atoms with Crippen molar-refractivity contribution in [2.75, 3.05) is 16.9 Å². The molecule has 0 aromatic heterocycles. The van der Waals surface area contributed by atoms with E-state index < -0.39 is 28.7 Å². The first-order valence-corrected chi connectivity index (χ1v) is 11.9. The Morgan fingerprint density at radius 1 is 0.971 bits per heavy atom. The molecule has 0 saturated heterocycles. The Labute approximate surface area is 207 Å². The SMILES string of the molecule is CCCCNC(=O)Nc1ccc2c(c1)N(OC(=O)C(C)(C)C)C(=O)/C2=C(/CC)OC(=O)C(C)(C)C. The Hall–Kier alpha value is -3.36. The molecule has 9 heteroatoms. The van der Waals surface area contributed by atoms with Gasteiger partial charge in [-0.1, -0.05) is 20.3 Å². The van der Waals surface area contributed by atoms with Gasteiger partial charge in [-0.25, -0.2) is 9.59 Å². The number of nitrogens with zero attached hydrogens (tertiary/aromatic N) is 1. The highest BCUT2D eigenvalue weighted by Gasteiger charge is 2.41. The first kappa shape index (κ1) is 27.9. The molecule has 3 amide bonds. The Morgan fingerprint density at radius 3 is 2.14 bits per heavy atom. The molecular weight excluding hydrogens is 450 g/mol. The maximum Gasteiger partial charge on any atom is 0.338 e. The molecule has 1 aliphatic heterocycles. The number of hydrogen-bond donors (Lipinski definition) is 2. The summed E-state index contributed by atoms with van der Waals surface area (Å²) >= 11 is 0. The van der Waals surface area contributed by atoms with Crippen LogP contribution in [0.25, 0.3) is 5.57 Å². The molecule has 0 radical (unpaired) electrons. The monoisotopic (exact) mass is 487 g/mol. The molecule has 2 rings (SSSR count). The maximum atomic E-state index is 13.5. The number of ether oxygens (including phenoxy) is 1. The summed E-state index contributed by atoms with van der Waals surface area (Å²) in [5.74, 6) is -1.54. The number of anilines is 2. The molecule has 0 atom stereocenters. The Bertz CT molecular complexity index is 1030. The predicted octanol–water partition coefficient (Wildman–Crippen LogP) is 5.17. The van der Waals surface area contributed by atoms with E-state index in [0.29, 0.717) is 17.8 Å². The van der Waals surface area contributed by atoms with Gasteiger partial charge in [-0.15, -0.1) is 5.06 Å². The number of carbonyl (C=O) groups excluding carboxylic acids is 4. The van der Waals surface area contributed by atoms with Crippen LogP contribution in [0.4, 0.5) is 16.2 Å². The highest BCUT2D eigenvalue weighted by molar-refractivity contribution is 6.32. The lowest BCUT2D eigenvalue weighted by atomic mass is 9.97. The summed E-state index contributed by atoms with van der Waals surface area (Å²) in [6.45, 7) is 14.5. The number of fused-ring (bicyclic) bond motifs is 1. The third kappa shape index (κ3) is 6.83. The minimum atomic E-state index is -0.867. The van der Waals surface area contributed by atoms with Gasteiger partial charge in [-0.3, -0.25) is 9.59 Å². The fourth-order valence-corrected chi connectivity index (χ4v) is 3.01. The number of nitrogens with one attached hydrogen (secondary N) is 2. The molecule has 0 bridgehead atoms. The lowest BCUT2D eigenvalue weighted by Gasteiger charge is -2.22. The normalized spacial score (nSPS) is 14.9. The van der Waals surface area contributed by atoms with Gasteiger partial charge in [0, 0.05) is 24.2 Å². The highest BCUT2D eigenvalue weighted by atomic mass is 16.7. The van der Waals surface area contributed by atoms with Crippen LogP contribution in [0.1, 0.15) is 80.2 Å².